The fourth-order valence-electron chi connectivity index (χ4n) is 2.54. The van der Waals surface area contributed by atoms with Gasteiger partial charge in [-0.2, -0.15) is 0 Å². The Kier molecular flexibility index (Phi) is 7.48. The molecule has 5 nitrogen and oxygen atoms in total. The average Bonchev–Trinajstić information content (AvgIpc) is 2.33. The van der Waals surface area contributed by atoms with Crippen LogP contribution in [-0.2, 0) is 19.0 Å². The Bertz CT molecular complexity index is 286. The molecule has 3 unspecified atom stereocenters. The average molecular weight is 287 g/mol. The maximum atomic E-state index is 11.9. The second-order valence-electron chi connectivity index (χ2n) is 5.81. The monoisotopic (exact) mass is 287 g/mol. The molecular weight excluding hydrogens is 258 g/mol. The van der Waals surface area contributed by atoms with E-state index in [2.05, 4.69) is 19.2 Å². The first kappa shape index (κ1) is 17.4. The first-order chi connectivity index (χ1) is 9.42. The van der Waals surface area contributed by atoms with Crippen molar-refractivity contribution in [2.75, 3.05) is 13.2 Å². The number of carbonyl (C=O) groups is 1. The lowest BCUT2D eigenvalue weighted by molar-refractivity contribution is -0.150. The van der Waals surface area contributed by atoms with E-state index in [0.29, 0.717) is 13.2 Å². The molecule has 1 fully saturated rings. The Morgan fingerprint density at radius 2 is 1.90 bits per heavy atom. The number of hydrogen-bond acceptors (Lipinski definition) is 5. The number of ether oxygens (including phenoxy) is 3. The molecule has 1 aliphatic rings. The third-order valence-corrected chi connectivity index (χ3v) is 3.26. The Balaban J connectivity index is 2.46. The van der Waals surface area contributed by atoms with Gasteiger partial charge in [-0.1, -0.05) is 13.8 Å². The smallest absolute Gasteiger partial charge is 0.325 e. The first-order valence-corrected chi connectivity index (χ1v) is 7.62. The van der Waals surface area contributed by atoms with Crippen LogP contribution in [0.2, 0.25) is 0 Å². The molecule has 0 amide bonds. The number of esters is 1. The van der Waals surface area contributed by atoms with E-state index in [1.165, 1.54) is 0 Å². The van der Waals surface area contributed by atoms with Crippen LogP contribution in [0.25, 0.3) is 0 Å². The van der Waals surface area contributed by atoms with Gasteiger partial charge in [0.2, 0.25) is 0 Å². The molecule has 0 saturated carbocycles. The molecule has 0 aliphatic carbocycles. The molecule has 118 valence electrons. The summed E-state index contributed by atoms with van der Waals surface area (Å²) in [6, 6.07) is -0.191. The summed E-state index contributed by atoms with van der Waals surface area (Å²) in [6.07, 6.45) is 2.33. The van der Waals surface area contributed by atoms with Gasteiger partial charge < -0.3 is 19.5 Å². The number of nitrogens with one attached hydrogen (secondary N) is 1. The van der Waals surface area contributed by atoms with Crippen molar-refractivity contribution in [3.63, 3.8) is 0 Å². The summed E-state index contributed by atoms with van der Waals surface area (Å²) < 4.78 is 16.7. The maximum absolute atomic E-state index is 11.9. The minimum Gasteiger partial charge on any atom is -0.465 e. The molecule has 0 aromatic carbocycles. The lowest BCUT2D eigenvalue weighted by atomic mass is 10.0. The van der Waals surface area contributed by atoms with Crippen LogP contribution in [0, 0.1) is 0 Å². The normalized spacial score (nSPS) is 28.4. The zero-order chi connectivity index (χ0) is 15.1. The van der Waals surface area contributed by atoms with Crippen molar-refractivity contribution in [2.45, 2.75) is 77.9 Å². The van der Waals surface area contributed by atoms with Crippen molar-refractivity contribution in [3.8, 4) is 0 Å². The summed E-state index contributed by atoms with van der Waals surface area (Å²) in [5.74, 6) is -0.241. The van der Waals surface area contributed by atoms with Crippen molar-refractivity contribution >= 4 is 5.97 Å². The molecule has 20 heavy (non-hydrogen) atoms. The quantitative estimate of drug-likeness (QED) is 0.725. The van der Waals surface area contributed by atoms with Crippen LogP contribution < -0.4 is 5.32 Å². The minimum atomic E-state index is -0.400. The zero-order valence-electron chi connectivity index (χ0n) is 13.3. The molecule has 5 heteroatoms. The molecule has 1 aliphatic heterocycles. The van der Waals surface area contributed by atoms with E-state index in [1.807, 2.05) is 20.8 Å². The van der Waals surface area contributed by atoms with E-state index in [-0.39, 0.29) is 30.3 Å². The van der Waals surface area contributed by atoms with Crippen LogP contribution in [0.15, 0.2) is 0 Å². The summed E-state index contributed by atoms with van der Waals surface area (Å²) in [6.45, 7) is 10.7. The van der Waals surface area contributed by atoms with Gasteiger partial charge in [-0.25, -0.2) is 0 Å². The van der Waals surface area contributed by atoms with Gasteiger partial charge in [0.25, 0.3) is 0 Å². The van der Waals surface area contributed by atoms with Crippen LogP contribution in [0.4, 0.5) is 0 Å². The Hall–Kier alpha value is -0.650. The Morgan fingerprint density at radius 1 is 1.30 bits per heavy atom. The van der Waals surface area contributed by atoms with Gasteiger partial charge in [0.1, 0.15) is 6.04 Å². The Morgan fingerprint density at radius 3 is 2.40 bits per heavy atom. The summed E-state index contributed by atoms with van der Waals surface area (Å²) in [4.78, 5) is 11.9. The molecule has 1 N–H and O–H groups in total. The highest BCUT2D eigenvalue weighted by molar-refractivity contribution is 5.75. The number of hydrogen-bond donors (Lipinski definition) is 1. The van der Waals surface area contributed by atoms with E-state index in [0.717, 1.165) is 12.8 Å². The van der Waals surface area contributed by atoms with Crippen LogP contribution in [0.3, 0.4) is 0 Å². The van der Waals surface area contributed by atoms with Gasteiger partial charge in [-0.05, 0) is 33.6 Å². The van der Waals surface area contributed by atoms with Crippen molar-refractivity contribution in [3.05, 3.63) is 0 Å². The summed E-state index contributed by atoms with van der Waals surface area (Å²) >= 11 is 0. The molecule has 3 atom stereocenters. The summed E-state index contributed by atoms with van der Waals surface area (Å²) in [5, 5.41) is 3.20. The van der Waals surface area contributed by atoms with E-state index in [4.69, 9.17) is 14.2 Å². The summed E-state index contributed by atoms with van der Waals surface area (Å²) in [7, 11) is 0. The van der Waals surface area contributed by atoms with Gasteiger partial charge in [-0.15, -0.1) is 0 Å². The zero-order valence-corrected chi connectivity index (χ0v) is 13.3. The fraction of sp³-hybridized carbons (Fsp3) is 0.933. The molecule has 0 spiro atoms. The Labute approximate surface area is 122 Å². The van der Waals surface area contributed by atoms with Gasteiger partial charge in [-0.3, -0.25) is 4.79 Å². The molecule has 1 heterocycles. The molecule has 0 bridgehead atoms. The van der Waals surface area contributed by atoms with E-state index in [1.54, 1.807) is 0 Å². The number of carbonyl (C=O) groups excluding carboxylic acids is 1. The highest BCUT2D eigenvalue weighted by atomic mass is 16.5. The van der Waals surface area contributed by atoms with Crippen LogP contribution in [0.5, 0.6) is 0 Å². The van der Waals surface area contributed by atoms with Crippen molar-refractivity contribution in [2.24, 2.45) is 0 Å². The molecular formula is C15H29NO4. The second kappa shape index (κ2) is 8.60. The topological polar surface area (TPSA) is 56.8 Å². The van der Waals surface area contributed by atoms with Gasteiger partial charge in [0.15, 0.2) is 0 Å². The fourth-order valence-corrected chi connectivity index (χ4v) is 2.54. The summed E-state index contributed by atoms with van der Waals surface area (Å²) in [5.41, 5.74) is 0. The van der Waals surface area contributed by atoms with Crippen LogP contribution in [-0.4, -0.2) is 49.6 Å². The van der Waals surface area contributed by atoms with Crippen molar-refractivity contribution < 1.29 is 19.0 Å². The van der Waals surface area contributed by atoms with Gasteiger partial charge in [0.05, 0.1) is 31.5 Å². The van der Waals surface area contributed by atoms with E-state index in [9.17, 15) is 4.79 Å². The second-order valence-corrected chi connectivity index (χ2v) is 5.81. The van der Waals surface area contributed by atoms with Crippen molar-refractivity contribution in [1.29, 1.82) is 0 Å². The van der Waals surface area contributed by atoms with Crippen LogP contribution in [0.1, 0.15) is 47.5 Å². The number of rotatable bonds is 7. The van der Waals surface area contributed by atoms with Gasteiger partial charge in [0, 0.05) is 6.04 Å². The lowest BCUT2D eigenvalue weighted by Crippen LogP contribution is -2.46. The SMILES string of the molecule is CCOC(=O)C(COC1CC(C)OC(C)C1)NC(C)C. The van der Waals surface area contributed by atoms with Crippen molar-refractivity contribution in [1.82, 2.24) is 5.32 Å². The molecule has 1 rings (SSSR count). The predicted molar refractivity (Wildman–Crippen MR) is 77.7 cm³/mol. The third-order valence-electron chi connectivity index (χ3n) is 3.26. The largest absolute Gasteiger partial charge is 0.465 e. The predicted octanol–water partition coefficient (Wildman–Crippen LogP) is 1.89. The third kappa shape index (κ3) is 6.20. The molecule has 1 saturated heterocycles. The van der Waals surface area contributed by atoms with Gasteiger partial charge >= 0.3 is 5.97 Å². The minimum absolute atomic E-state index is 0.152. The molecule has 0 aromatic rings. The lowest BCUT2D eigenvalue weighted by Gasteiger charge is -2.33. The van der Waals surface area contributed by atoms with E-state index < -0.39 is 6.04 Å². The first-order valence-electron chi connectivity index (χ1n) is 7.62. The highest BCUT2D eigenvalue weighted by Gasteiger charge is 2.27. The maximum Gasteiger partial charge on any atom is 0.325 e. The standard InChI is InChI=1S/C15H29NO4/c1-6-18-15(17)14(16-10(2)3)9-19-13-7-11(4)20-12(5)8-13/h10-14,16H,6-9H2,1-5H3. The van der Waals surface area contributed by atoms with E-state index >= 15 is 0 Å². The highest BCUT2D eigenvalue weighted by Crippen LogP contribution is 2.21. The van der Waals surface area contributed by atoms with Crippen LogP contribution >= 0.6 is 0 Å². The molecule has 0 radical (unpaired) electrons. The molecule has 0 aromatic heterocycles.